The molecule has 2 aromatic rings. The van der Waals surface area contributed by atoms with Crippen LogP contribution < -0.4 is 0 Å². The quantitative estimate of drug-likeness (QED) is 0.475. The molecule has 0 bridgehead atoms. The number of alkyl halides is 6. The van der Waals surface area contributed by atoms with Crippen molar-refractivity contribution in [1.29, 1.82) is 0 Å². The number of amides is 2. The van der Waals surface area contributed by atoms with Gasteiger partial charge in [-0.2, -0.15) is 46.6 Å². The summed E-state index contributed by atoms with van der Waals surface area (Å²) in [5.74, 6) is -4.55. The number of rotatable bonds is 2. The molecule has 2 atom stereocenters. The van der Waals surface area contributed by atoms with Crippen molar-refractivity contribution in [2.24, 2.45) is 10.2 Å². The molecule has 0 radical (unpaired) electrons. The molecule has 2 aliphatic rings. The summed E-state index contributed by atoms with van der Waals surface area (Å²) >= 11 is 0. The summed E-state index contributed by atoms with van der Waals surface area (Å²) in [6.45, 7) is 0. The summed E-state index contributed by atoms with van der Waals surface area (Å²) < 4.78 is 82.9. The van der Waals surface area contributed by atoms with Crippen LogP contribution in [0.15, 0.2) is 70.9 Å². The van der Waals surface area contributed by atoms with E-state index in [0.717, 1.165) is 0 Å². The largest absolute Gasteiger partial charge is 0.438 e. The van der Waals surface area contributed by atoms with E-state index < -0.39 is 69.9 Å². The van der Waals surface area contributed by atoms with Crippen LogP contribution in [-0.4, -0.2) is 67.3 Å². The fourth-order valence-electron chi connectivity index (χ4n) is 3.72. The first-order valence-corrected chi connectivity index (χ1v) is 10.2. The Bertz CT molecular complexity index is 1150. The minimum Gasteiger partial charge on any atom is -0.362 e. The Morgan fingerprint density at radius 3 is 1.25 bits per heavy atom. The summed E-state index contributed by atoms with van der Waals surface area (Å²) in [6, 6.07) is 14.1. The number of hydrogen-bond donors (Lipinski definition) is 2. The predicted octanol–water partition coefficient (Wildman–Crippen LogP) is 2.76. The minimum absolute atomic E-state index is 0.0697. The number of halogens is 6. The molecule has 0 aromatic heterocycles. The molecule has 14 heteroatoms. The summed E-state index contributed by atoms with van der Waals surface area (Å²) in [6.07, 6.45) is -13.7. The van der Waals surface area contributed by atoms with Crippen molar-refractivity contribution in [3.8, 4) is 0 Å². The van der Waals surface area contributed by atoms with E-state index in [-0.39, 0.29) is 11.1 Å². The van der Waals surface area contributed by atoms with Gasteiger partial charge in [0, 0.05) is 0 Å². The van der Waals surface area contributed by atoms with Crippen LogP contribution >= 0.6 is 0 Å². The lowest BCUT2D eigenvalue weighted by Gasteiger charge is -2.35. The smallest absolute Gasteiger partial charge is 0.362 e. The van der Waals surface area contributed by atoms with Crippen molar-refractivity contribution in [3.05, 3.63) is 71.8 Å². The van der Waals surface area contributed by atoms with Gasteiger partial charge in [0.05, 0.1) is 24.3 Å². The molecule has 0 fully saturated rings. The van der Waals surface area contributed by atoms with Crippen LogP contribution in [-0.2, 0) is 9.59 Å². The molecule has 2 amide bonds. The van der Waals surface area contributed by atoms with Crippen LogP contribution in [0.4, 0.5) is 26.3 Å². The van der Waals surface area contributed by atoms with Crippen molar-refractivity contribution in [2.75, 3.05) is 0 Å². The Balaban J connectivity index is 1.76. The number of nitrogens with zero attached hydrogens (tertiary/aromatic N) is 4. The average Bonchev–Trinajstić information content (AvgIpc) is 3.38. The molecule has 0 saturated heterocycles. The normalized spacial score (nSPS) is 24.6. The van der Waals surface area contributed by atoms with Crippen LogP contribution in [0, 0.1) is 0 Å². The monoisotopic (exact) mass is 514 g/mol. The van der Waals surface area contributed by atoms with Crippen LogP contribution in [0.5, 0.6) is 0 Å². The van der Waals surface area contributed by atoms with E-state index in [9.17, 15) is 46.1 Å². The molecule has 0 spiro atoms. The average molecular weight is 514 g/mol. The highest BCUT2D eigenvalue weighted by atomic mass is 19.4. The van der Waals surface area contributed by atoms with Gasteiger partial charge in [0.25, 0.3) is 11.4 Å². The Morgan fingerprint density at radius 1 is 0.667 bits per heavy atom. The summed E-state index contributed by atoms with van der Waals surface area (Å²) in [5.41, 5.74) is -8.82. The molecule has 190 valence electrons. The number of carbonyl (C=O) groups is 2. The first kappa shape index (κ1) is 25.3. The van der Waals surface area contributed by atoms with Gasteiger partial charge in [-0.1, -0.05) is 60.7 Å². The van der Waals surface area contributed by atoms with Crippen LogP contribution in [0.1, 0.15) is 24.0 Å². The summed E-state index contributed by atoms with van der Waals surface area (Å²) in [7, 11) is 0. The van der Waals surface area contributed by atoms with E-state index >= 15 is 0 Å². The maximum absolute atomic E-state index is 13.8. The van der Waals surface area contributed by atoms with E-state index in [1.165, 1.54) is 60.7 Å². The standard InChI is InChI=1S/C22H16F6N4O4/c23-21(24,25)19(35)11-15(13-7-3-1-4-8-13)29-31(19)17(33)18(34)32-20(36,22(26,27)28)12-16(30-32)14-9-5-2-6-10-14/h1-10,35-36H,11-12H2. The van der Waals surface area contributed by atoms with E-state index in [2.05, 4.69) is 10.2 Å². The van der Waals surface area contributed by atoms with Crippen LogP contribution in [0.3, 0.4) is 0 Å². The van der Waals surface area contributed by atoms with Gasteiger partial charge in [0.2, 0.25) is 0 Å². The lowest BCUT2D eigenvalue weighted by atomic mass is 10.0. The van der Waals surface area contributed by atoms with Gasteiger partial charge >= 0.3 is 24.2 Å². The van der Waals surface area contributed by atoms with E-state index in [4.69, 9.17) is 0 Å². The first-order valence-electron chi connectivity index (χ1n) is 10.2. The Kier molecular flexibility index (Phi) is 5.92. The molecule has 8 nitrogen and oxygen atoms in total. The maximum atomic E-state index is 13.8. The molecule has 2 N–H and O–H groups in total. The number of aliphatic hydroxyl groups is 2. The highest BCUT2D eigenvalue weighted by Crippen LogP contribution is 2.44. The van der Waals surface area contributed by atoms with Crippen molar-refractivity contribution in [3.63, 3.8) is 0 Å². The van der Waals surface area contributed by atoms with Crippen molar-refractivity contribution in [1.82, 2.24) is 10.0 Å². The van der Waals surface area contributed by atoms with E-state index in [0.29, 0.717) is 0 Å². The van der Waals surface area contributed by atoms with Crippen LogP contribution in [0.25, 0.3) is 0 Å². The Morgan fingerprint density at radius 2 is 0.972 bits per heavy atom. The third-order valence-corrected chi connectivity index (χ3v) is 5.66. The number of carbonyl (C=O) groups excluding carboxylic acids is 2. The third-order valence-electron chi connectivity index (χ3n) is 5.66. The lowest BCUT2D eigenvalue weighted by Crippen LogP contribution is -2.63. The Hall–Kier alpha value is -3.78. The molecular formula is C22H16F6N4O4. The summed E-state index contributed by atoms with van der Waals surface area (Å²) in [5, 5.41) is 26.4. The molecule has 2 aliphatic heterocycles. The zero-order valence-corrected chi connectivity index (χ0v) is 18.0. The van der Waals surface area contributed by atoms with Gasteiger partial charge in [-0.15, -0.1) is 0 Å². The second-order valence-corrected chi connectivity index (χ2v) is 8.04. The zero-order chi connectivity index (χ0) is 26.5. The second-order valence-electron chi connectivity index (χ2n) is 8.04. The molecule has 0 aliphatic carbocycles. The SMILES string of the molecule is O=C(C(=O)N1N=C(c2ccccc2)CC1(O)C(F)(F)F)N1N=C(c2ccccc2)CC1(O)C(F)(F)F. The Labute approximate surface area is 198 Å². The third kappa shape index (κ3) is 4.01. The fourth-order valence-corrected chi connectivity index (χ4v) is 3.72. The first-order chi connectivity index (χ1) is 16.7. The van der Waals surface area contributed by atoms with E-state index in [1.54, 1.807) is 0 Å². The van der Waals surface area contributed by atoms with E-state index in [1.807, 2.05) is 0 Å². The van der Waals surface area contributed by atoms with Crippen molar-refractivity contribution < 1.29 is 46.1 Å². The van der Waals surface area contributed by atoms with Gasteiger partial charge in [0.1, 0.15) is 0 Å². The highest BCUT2D eigenvalue weighted by molar-refractivity contribution is 6.36. The molecule has 4 rings (SSSR count). The molecule has 36 heavy (non-hydrogen) atoms. The van der Waals surface area contributed by atoms with Crippen molar-refractivity contribution in [2.45, 2.75) is 36.6 Å². The molecular weight excluding hydrogens is 498 g/mol. The molecule has 2 unspecified atom stereocenters. The van der Waals surface area contributed by atoms with Crippen LogP contribution in [0.2, 0.25) is 0 Å². The minimum atomic E-state index is -5.55. The van der Waals surface area contributed by atoms with Gasteiger partial charge in [-0.3, -0.25) is 9.59 Å². The topological polar surface area (TPSA) is 106 Å². The fraction of sp³-hybridized carbons (Fsp3) is 0.273. The predicted molar refractivity (Wildman–Crippen MR) is 111 cm³/mol. The molecule has 0 saturated carbocycles. The maximum Gasteiger partial charge on any atom is 0.438 e. The lowest BCUT2D eigenvalue weighted by molar-refractivity contribution is -0.307. The second kappa shape index (κ2) is 8.41. The number of benzene rings is 2. The summed E-state index contributed by atoms with van der Waals surface area (Å²) in [4.78, 5) is 25.7. The molecule has 2 aromatic carbocycles. The van der Waals surface area contributed by atoms with Gasteiger partial charge < -0.3 is 10.2 Å². The molecule has 2 heterocycles. The number of hydrogen-bond acceptors (Lipinski definition) is 6. The van der Waals surface area contributed by atoms with Gasteiger partial charge in [-0.25, -0.2) is 0 Å². The van der Waals surface area contributed by atoms with Gasteiger partial charge in [0.15, 0.2) is 0 Å². The zero-order valence-electron chi connectivity index (χ0n) is 18.0. The highest BCUT2D eigenvalue weighted by Gasteiger charge is 2.67. The van der Waals surface area contributed by atoms with Crippen molar-refractivity contribution >= 4 is 23.2 Å². The number of hydrazone groups is 2. The van der Waals surface area contributed by atoms with Gasteiger partial charge in [-0.05, 0) is 11.1 Å².